The third kappa shape index (κ3) is 3.35. The fourth-order valence-corrected chi connectivity index (χ4v) is 4.82. The molecule has 1 spiro atoms. The molecule has 4 rings (SSSR count). The van der Waals surface area contributed by atoms with Crippen molar-refractivity contribution in [3.05, 3.63) is 59.7 Å². The summed E-state index contributed by atoms with van der Waals surface area (Å²) in [5, 5.41) is 17.7. The molecule has 9 heteroatoms. The number of hydrogen-bond donors (Lipinski definition) is 3. The van der Waals surface area contributed by atoms with Crippen molar-refractivity contribution >= 4 is 23.6 Å². The molecule has 3 N–H and O–H groups in total. The van der Waals surface area contributed by atoms with Gasteiger partial charge in [0.2, 0.25) is 11.8 Å². The third-order valence-electron chi connectivity index (χ3n) is 6.36. The van der Waals surface area contributed by atoms with Gasteiger partial charge in [0.15, 0.2) is 0 Å². The predicted molar refractivity (Wildman–Crippen MR) is 114 cm³/mol. The molecular formula is C23H23N3O6. The highest BCUT2D eigenvalue weighted by molar-refractivity contribution is 6.21. The maximum Gasteiger partial charge on any atom is 0.328 e. The van der Waals surface area contributed by atoms with Crippen molar-refractivity contribution < 1.29 is 29.1 Å². The van der Waals surface area contributed by atoms with Gasteiger partial charge in [-0.15, -0.1) is 0 Å². The van der Waals surface area contributed by atoms with Crippen molar-refractivity contribution in [1.82, 2.24) is 10.6 Å². The quantitative estimate of drug-likeness (QED) is 0.383. The molecule has 0 aromatic heterocycles. The molecule has 1 saturated carbocycles. The summed E-state index contributed by atoms with van der Waals surface area (Å²) in [6, 6.07) is 13.2. The topological polar surface area (TPSA) is 126 Å². The van der Waals surface area contributed by atoms with Gasteiger partial charge in [-0.3, -0.25) is 20.2 Å². The van der Waals surface area contributed by atoms with Gasteiger partial charge in [0.05, 0.1) is 19.9 Å². The van der Waals surface area contributed by atoms with E-state index in [1.54, 1.807) is 62.8 Å². The van der Waals surface area contributed by atoms with Crippen molar-refractivity contribution in [3.8, 4) is 11.5 Å². The first-order chi connectivity index (χ1) is 15.4. The largest absolute Gasteiger partial charge is 0.497 e. The van der Waals surface area contributed by atoms with Gasteiger partial charge >= 0.3 is 6.03 Å². The smallest absolute Gasteiger partial charge is 0.328 e. The maximum atomic E-state index is 13.5. The first-order valence-electron chi connectivity index (χ1n) is 10.1. The Balaban J connectivity index is 1.92. The number of benzene rings is 2. The van der Waals surface area contributed by atoms with Crippen molar-refractivity contribution in [2.75, 3.05) is 14.2 Å². The maximum absolute atomic E-state index is 13.5. The summed E-state index contributed by atoms with van der Waals surface area (Å²) in [6.45, 7) is 0. The molecule has 9 nitrogen and oxygen atoms in total. The van der Waals surface area contributed by atoms with Crippen LogP contribution in [-0.4, -0.2) is 43.0 Å². The van der Waals surface area contributed by atoms with Crippen LogP contribution in [0.5, 0.6) is 11.5 Å². The van der Waals surface area contributed by atoms with E-state index in [0.29, 0.717) is 28.3 Å². The molecular weight excluding hydrogens is 414 g/mol. The third-order valence-corrected chi connectivity index (χ3v) is 6.36. The van der Waals surface area contributed by atoms with E-state index < -0.39 is 35.1 Å². The summed E-state index contributed by atoms with van der Waals surface area (Å²) >= 11 is 0. The second kappa shape index (κ2) is 8.33. The number of amides is 4. The van der Waals surface area contributed by atoms with Crippen LogP contribution in [-0.2, 0) is 9.59 Å². The van der Waals surface area contributed by atoms with Gasteiger partial charge in [0.1, 0.15) is 16.9 Å². The molecule has 0 unspecified atom stereocenters. The summed E-state index contributed by atoms with van der Waals surface area (Å²) < 4.78 is 10.5. The Morgan fingerprint density at radius 2 is 1.22 bits per heavy atom. The first-order valence-corrected chi connectivity index (χ1v) is 10.1. The molecule has 1 aliphatic heterocycles. The normalized spacial score (nSPS) is 22.2. The Bertz CT molecular complexity index is 996. The Hall–Kier alpha value is -3.88. The molecule has 2 aromatic rings. The molecule has 2 atom stereocenters. The zero-order chi connectivity index (χ0) is 22.9. The molecule has 1 saturated heterocycles. The van der Waals surface area contributed by atoms with E-state index in [4.69, 9.17) is 9.47 Å². The summed E-state index contributed by atoms with van der Waals surface area (Å²) in [7, 11) is 3.09. The van der Waals surface area contributed by atoms with Crippen LogP contribution in [0.3, 0.4) is 0 Å². The van der Waals surface area contributed by atoms with E-state index in [0.717, 1.165) is 0 Å². The Kier molecular flexibility index (Phi) is 5.56. The lowest BCUT2D eigenvalue weighted by atomic mass is 9.54. The Morgan fingerprint density at radius 3 is 1.56 bits per heavy atom. The van der Waals surface area contributed by atoms with E-state index in [9.17, 15) is 19.6 Å². The number of nitrogens with zero attached hydrogens (tertiary/aromatic N) is 1. The second-order valence-electron chi connectivity index (χ2n) is 7.83. The molecule has 2 aliphatic rings. The zero-order valence-corrected chi connectivity index (χ0v) is 17.6. The monoisotopic (exact) mass is 437 g/mol. The summed E-state index contributed by atoms with van der Waals surface area (Å²) in [5.41, 5.74) is 0.190. The van der Waals surface area contributed by atoms with Crippen LogP contribution in [0.1, 0.15) is 35.8 Å². The molecule has 4 amide bonds. The van der Waals surface area contributed by atoms with Crippen LogP contribution in [0.25, 0.3) is 0 Å². The van der Waals surface area contributed by atoms with Gasteiger partial charge in [-0.1, -0.05) is 29.4 Å². The number of carbonyl (C=O) groups is 3. The first kappa shape index (κ1) is 21.4. The van der Waals surface area contributed by atoms with Crippen LogP contribution in [0.15, 0.2) is 53.7 Å². The van der Waals surface area contributed by atoms with Crippen molar-refractivity contribution in [1.29, 1.82) is 0 Å². The Labute approximate surface area is 184 Å². The molecule has 0 bridgehead atoms. The minimum atomic E-state index is -1.63. The van der Waals surface area contributed by atoms with Crippen LogP contribution >= 0.6 is 0 Å². The minimum Gasteiger partial charge on any atom is -0.497 e. The number of carbonyl (C=O) groups excluding carboxylic acids is 3. The molecule has 1 heterocycles. The van der Waals surface area contributed by atoms with E-state index in [2.05, 4.69) is 15.8 Å². The van der Waals surface area contributed by atoms with Crippen LogP contribution in [0.2, 0.25) is 0 Å². The van der Waals surface area contributed by atoms with Crippen molar-refractivity contribution in [3.63, 3.8) is 0 Å². The summed E-state index contributed by atoms with van der Waals surface area (Å²) in [6.07, 6.45) is 0.342. The van der Waals surface area contributed by atoms with Gasteiger partial charge < -0.3 is 14.7 Å². The molecule has 1 aliphatic carbocycles. The second-order valence-corrected chi connectivity index (χ2v) is 7.83. The molecule has 2 fully saturated rings. The summed E-state index contributed by atoms with van der Waals surface area (Å²) in [5.74, 6) is -1.49. The highest BCUT2D eigenvalue weighted by Crippen LogP contribution is 2.55. The number of oxime groups is 1. The standard InChI is InChI=1S/C23H23N3O6/c1-31-16-7-3-13(4-8-16)18-11-15(26-30)12-19(14-5-9-17(32-2)10-6-14)23(18)20(27)24-22(29)25-21(23)28/h3-10,18-19,30H,11-12H2,1-2H3,(H2,24,25,27,28,29)/t18-,19-/m1/s1. The van der Waals surface area contributed by atoms with E-state index in [1.165, 1.54) is 0 Å². The molecule has 32 heavy (non-hydrogen) atoms. The van der Waals surface area contributed by atoms with Crippen molar-refractivity contribution in [2.24, 2.45) is 10.6 Å². The number of barbiturate groups is 1. The number of ether oxygens (including phenoxy) is 2. The number of rotatable bonds is 4. The number of methoxy groups -OCH3 is 2. The molecule has 0 radical (unpaired) electrons. The fraction of sp³-hybridized carbons (Fsp3) is 0.304. The van der Waals surface area contributed by atoms with E-state index in [1.807, 2.05) is 0 Å². The lowest BCUT2D eigenvalue weighted by molar-refractivity contribution is -0.148. The van der Waals surface area contributed by atoms with Crippen LogP contribution in [0.4, 0.5) is 4.79 Å². The van der Waals surface area contributed by atoms with E-state index in [-0.39, 0.29) is 12.8 Å². The molecule has 2 aromatic carbocycles. The van der Waals surface area contributed by atoms with Crippen LogP contribution in [0, 0.1) is 5.41 Å². The average Bonchev–Trinajstić information content (AvgIpc) is 2.82. The minimum absolute atomic E-state index is 0.171. The fourth-order valence-electron chi connectivity index (χ4n) is 4.82. The number of urea groups is 1. The highest BCUT2D eigenvalue weighted by atomic mass is 16.5. The van der Waals surface area contributed by atoms with Crippen LogP contribution < -0.4 is 20.1 Å². The van der Waals surface area contributed by atoms with Gasteiger partial charge in [-0.25, -0.2) is 4.79 Å². The van der Waals surface area contributed by atoms with E-state index >= 15 is 0 Å². The highest BCUT2D eigenvalue weighted by Gasteiger charge is 2.63. The SMILES string of the molecule is COc1ccc([C@H]2CC(=NO)C[C@H](c3ccc(OC)cc3)C23C(=O)NC(=O)NC3=O)cc1. The number of hydrogen-bond acceptors (Lipinski definition) is 7. The number of imide groups is 2. The van der Waals surface area contributed by atoms with Crippen molar-refractivity contribution in [2.45, 2.75) is 24.7 Å². The van der Waals surface area contributed by atoms with Gasteiger partial charge in [0, 0.05) is 11.8 Å². The Morgan fingerprint density at radius 1 is 0.812 bits per heavy atom. The van der Waals surface area contributed by atoms with Gasteiger partial charge in [-0.2, -0.15) is 0 Å². The van der Waals surface area contributed by atoms with Gasteiger partial charge in [-0.05, 0) is 48.2 Å². The number of nitrogens with one attached hydrogen (secondary N) is 2. The summed E-state index contributed by atoms with van der Waals surface area (Å²) in [4.78, 5) is 38.8. The zero-order valence-electron chi connectivity index (χ0n) is 17.6. The van der Waals surface area contributed by atoms with Gasteiger partial charge in [0.25, 0.3) is 0 Å². The average molecular weight is 437 g/mol. The predicted octanol–water partition coefficient (Wildman–Crippen LogP) is 2.55. The lowest BCUT2D eigenvalue weighted by Crippen LogP contribution is -2.67. The molecule has 166 valence electrons. The lowest BCUT2D eigenvalue weighted by Gasteiger charge is -2.48.